The molecule has 2 aromatic rings. The number of para-hydroxylation sites is 1. The lowest BCUT2D eigenvalue weighted by Crippen LogP contribution is -2.05. The molecule has 0 bridgehead atoms. The Morgan fingerprint density at radius 3 is 2.35 bits per heavy atom. The topological polar surface area (TPSA) is 45.9 Å². The largest absolute Gasteiger partial charge is 0.493 e. The molecule has 1 atom stereocenters. The summed E-state index contributed by atoms with van der Waals surface area (Å²) in [6, 6.07) is 14.8. The summed E-state index contributed by atoms with van der Waals surface area (Å²) >= 11 is 0. The van der Waals surface area contributed by atoms with Gasteiger partial charge in [0.25, 0.3) is 0 Å². The van der Waals surface area contributed by atoms with E-state index in [0.717, 1.165) is 36.3 Å². The highest BCUT2D eigenvalue weighted by molar-refractivity contribution is 5.67. The van der Waals surface area contributed by atoms with E-state index >= 15 is 0 Å². The number of unbranched alkanes of at least 4 members (excludes halogenated alkanes) is 8. The van der Waals surface area contributed by atoms with Gasteiger partial charge in [-0.25, -0.2) is 0 Å². The van der Waals surface area contributed by atoms with Gasteiger partial charge in [0, 0.05) is 17.7 Å². The van der Waals surface area contributed by atoms with Crippen LogP contribution in [0.15, 0.2) is 42.6 Å². The minimum atomic E-state index is 0.0601. The fourth-order valence-electron chi connectivity index (χ4n) is 3.89. The van der Waals surface area contributed by atoms with Crippen LogP contribution in [0.4, 0.5) is 0 Å². The molecule has 0 amide bonds. The third-order valence-corrected chi connectivity index (χ3v) is 5.96. The number of benzene rings is 1. The maximum atomic E-state index is 9.13. The van der Waals surface area contributed by atoms with Gasteiger partial charge in [-0.3, -0.25) is 4.98 Å². The minimum Gasteiger partial charge on any atom is -0.493 e. The first-order chi connectivity index (χ1) is 15.3. The van der Waals surface area contributed by atoms with Gasteiger partial charge in [-0.05, 0) is 55.5 Å². The number of rotatable bonds is 16. The van der Waals surface area contributed by atoms with Crippen LogP contribution in [0.2, 0.25) is 0 Å². The zero-order valence-electron chi connectivity index (χ0n) is 19.6. The van der Waals surface area contributed by atoms with Crippen molar-refractivity contribution in [1.29, 1.82) is 5.26 Å². The molecule has 3 heteroatoms. The second kappa shape index (κ2) is 15.5. The molecule has 1 aromatic heterocycles. The Kier molecular flexibility index (Phi) is 12.4. The first-order valence-corrected chi connectivity index (χ1v) is 12.3. The van der Waals surface area contributed by atoms with Crippen molar-refractivity contribution < 1.29 is 4.74 Å². The predicted molar refractivity (Wildman–Crippen MR) is 130 cm³/mol. The van der Waals surface area contributed by atoms with E-state index in [1.807, 2.05) is 31.3 Å². The van der Waals surface area contributed by atoms with Crippen molar-refractivity contribution in [2.45, 2.75) is 90.9 Å². The summed E-state index contributed by atoms with van der Waals surface area (Å²) in [7, 11) is 0. The van der Waals surface area contributed by atoms with Gasteiger partial charge in [-0.2, -0.15) is 5.26 Å². The Labute approximate surface area is 189 Å². The van der Waals surface area contributed by atoms with E-state index in [1.54, 1.807) is 0 Å². The van der Waals surface area contributed by atoms with Crippen molar-refractivity contribution in [3.63, 3.8) is 0 Å². The van der Waals surface area contributed by atoms with E-state index in [4.69, 9.17) is 10.00 Å². The monoisotopic (exact) mass is 420 g/mol. The zero-order chi connectivity index (χ0) is 22.2. The molecule has 0 saturated carbocycles. The second-order valence-electron chi connectivity index (χ2n) is 8.50. The Morgan fingerprint density at radius 2 is 1.65 bits per heavy atom. The molecule has 3 nitrogen and oxygen atoms in total. The minimum absolute atomic E-state index is 0.0601. The number of hydrogen-bond donors (Lipinski definition) is 0. The van der Waals surface area contributed by atoms with E-state index in [-0.39, 0.29) is 5.92 Å². The molecule has 0 radical (unpaired) electrons. The number of nitrogens with zero attached hydrogens (tertiary/aromatic N) is 2. The third kappa shape index (κ3) is 9.55. The van der Waals surface area contributed by atoms with Gasteiger partial charge in [-0.1, -0.05) is 77.3 Å². The van der Waals surface area contributed by atoms with Gasteiger partial charge in [-0.15, -0.1) is 0 Å². The van der Waals surface area contributed by atoms with Crippen molar-refractivity contribution >= 4 is 0 Å². The molecule has 0 aliphatic rings. The molecule has 0 aliphatic heterocycles. The van der Waals surface area contributed by atoms with Crippen LogP contribution in [0.5, 0.6) is 5.75 Å². The van der Waals surface area contributed by atoms with Crippen LogP contribution in [0.1, 0.15) is 90.0 Å². The van der Waals surface area contributed by atoms with Gasteiger partial charge in [0.1, 0.15) is 5.75 Å². The molecule has 1 aromatic carbocycles. The average Bonchev–Trinajstić information content (AvgIpc) is 2.81. The standard InChI is InChI=1S/C28H40N2O/c1-3-5-6-7-8-9-10-11-12-15-25-18-20-30-27(22-25)26-16-13-14-17-28(26)31-21-19-24(4-2)23-29/h13-14,16-18,20,22,24H,3-12,15,19,21H2,1-2H3. The molecule has 1 unspecified atom stereocenters. The molecule has 2 rings (SSSR count). The molecule has 0 aliphatic carbocycles. The summed E-state index contributed by atoms with van der Waals surface area (Å²) in [4.78, 5) is 4.61. The van der Waals surface area contributed by atoms with Crippen molar-refractivity contribution in [2.24, 2.45) is 5.92 Å². The number of nitriles is 1. The van der Waals surface area contributed by atoms with Crippen molar-refractivity contribution in [3.05, 3.63) is 48.2 Å². The van der Waals surface area contributed by atoms with Crippen LogP contribution >= 0.6 is 0 Å². The fraction of sp³-hybridized carbons (Fsp3) is 0.571. The van der Waals surface area contributed by atoms with Crippen molar-refractivity contribution in [2.75, 3.05) is 6.61 Å². The van der Waals surface area contributed by atoms with Gasteiger partial charge < -0.3 is 4.74 Å². The summed E-state index contributed by atoms with van der Waals surface area (Å²) in [5.41, 5.74) is 3.34. The highest BCUT2D eigenvalue weighted by atomic mass is 16.5. The molecule has 1 heterocycles. The summed E-state index contributed by atoms with van der Waals surface area (Å²) in [5, 5.41) is 9.13. The molecule has 31 heavy (non-hydrogen) atoms. The van der Waals surface area contributed by atoms with E-state index < -0.39 is 0 Å². The number of pyridine rings is 1. The van der Waals surface area contributed by atoms with Crippen LogP contribution in [0.25, 0.3) is 11.3 Å². The van der Waals surface area contributed by atoms with Gasteiger partial charge in [0.2, 0.25) is 0 Å². The predicted octanol–water partition coefficient (Wildman–Crippen LogP) is 8.14. The van der Waals surface area contributed by atoms with Crippen molar-refractivity contribution in [3.8, 4) is 23.1 Å². The molecular formula is C28H40N2O. The molecule has 0 fully saturated rings. The normalized spacial score (nSPS) is 11.8. The van der Waals surface area contributed by atoms with E-state index in [0.29, 0.717) is 6.61 Å². The maximum Gasteiger partial charge on any atom is 0.128 e. The maximum absolute atomic E-state index is 9.13. The molecule has 168 valence electrons. The highest BCUT2D eigenvalue weighted by Crippen LogP contribution is 2.29. The number of aryl methyl sites for hydroxylation is 1. The number of ether oxygens (including phenoxy) is 1. The number of hydrogen-bond acceptors (Lipinski definition) is 3. The summed E-state index contributed by atoms with van der Waals surface area (Å²) in [6.45, 7) is 4.88. The first kappa shape index (κ1) is 24.9. The Morgan fingerprint density at radius 1 is 0.935 bits per heavy atom. The lowest BCUT2D eigenvalue weighted by atomic mass is 10.0. The van der Waals surface area contributed by atoms with Gasteiger partial charge >= 0.3 is 0 Å². The quantitative estimate of drug-likeness (QED) is 0.257. The van der Waals surface area contributed by atoms with Crippen LogP contribution in [0.3, 0.4) is 0 Å². The van der Waals surface area contributed by atoms with Gasteiger partial charge in [0.15, 0.2) is 0 Å². The first-order valence-electron chi connectivity index (χ1n) is 12.3. The molecule has 0 spiro atoms. The second-order valence-corrected chi connectivity index (χ2v) is 8.50. The lowest BCUT2D eigenvalue weighted by Gasteiger charge is -2.13. The number of aromatic nitrogens is 1. The molecular weight excluding hydrogens is 380 g/mol. The summed E-state index contributed by atoms with van der Waals surface area (Å²) in [6.07, 6.45) is 16.8. The van der Waals surface area contributed by atoms with E-state index in [2.05, 4.69) is 36.2 Å². The Bertz CT molecular complexity index is 781. The van der Waals surface area contributed by atoms with E-state index in [9.17, 15) is 0 Å². The van der Waals surface area contributed by atoms with Gasteiger partial charge in [0.05, 0.1) is 18.4 Å². The van der Waals surface area contributed by atoms with Crippen LogP contribution < -0.4 is 4.74 Å². The average molecular weight is 421 g/mol. The Hall–Kier alpha value is -2.34. The third-order valence-electron chi connectivity index (χ3n) is 5.96. The highest BCUT2D eigenvalue weighted by Gasteiger charge is 2.10. The van der Waals surface area contributed by atoms with E-state index in [1.165, 1.54) is 63.4 Å². The summed E-state index contributed by atoms with van der Waals surface area (Å²) in [5.74, 6) is 0.910. The molecule has 0 N–H and O–H groups in total. The van der Waals surface area contributed by atoms with Crippen LogP contribution in [-0.4, -0.2) is 11.6 Å². The van der Waals surface area contributed by atoms with Crippen LogP contribution in [-0.2, 0) is 6.42 Å². The smallest absolute Gasteiger partial charge is 0.128 e. The summed E-state index contributed by atoms with van der Waals surface area (Å²) < 4.78 is 6.03. The van der Waals surface area contributed by atoms with Crippen molar-refractivity contribution in [1.82, 2.24) is 4.98 Å². The lowest BCUT2D eigenvalue weighted by molar-refractivity contribution is 0.292. The fourth-order valence-corrected chi connectivity index (χ4v) is 3.89. The molecule has 0 saturated heterocycles. The Balaban J connectivity index is 1.83. The van der Waals surface area contributed by atoms with Crippen LogP contribution in [0, 0.1) is 17.2 Å². The zero-order valence-corrected chi connectivity index (χ0v) is 19.6. The SMILES string of the molecule is CCCCCCCCCCCc1ccnc(-c2ccccc2OCCC(C#N)CC)c1.